The zero-order chi connectivity index (χ0) is 16.9. The maximum Gasteiger partial charge on any atom is 0.253 e. The van der Waals surface area contributed by atoms with Gasteiger partial charge in [-0.1, -0.05) is 75.4 Å². The van der Waals surface area contributed by atoms with Crippen molar-refractivity contribution in [1.82, 2.24) is 0 Å². The van der Waals surface area contributed by atoms with Crippen molar-refractivity contribution in [1.29, 1.82) is 0 Å². The topological polar surface area (TPSA) is 46.5 Å². The van der Waals surface area contributed by atoms with Gasteiger partial charge in [-0.15, -0.1) is 0 Å². The Bertz CT molecular complexity index is 755. The predicted octanol–water partition coefficient (Wildman–Crippen LogP) is 3.98. The largest absolute Gasteiger partial charge is 0.253 e. The summed E-state index contributed by atoms with van der Waals surface area (Å²) < 4.78 is 27.8. The van der Waals surface area contributed by atoms with E-state index in [1.165, 1.54) is 11.8 Å². The second-order valence-corrected chi connectivity index (χ2v) is 8.41. The second-order valence-electron chi connectivity index (χ2n) is 6.63. The van der Waals surface area contributed by atoms with Crippen LogP contribution in [-0.2, 0) is 21.9 Å². The Morgan fingerprint density at radius 1 is 0.957 bits per heavy atom. The van der Waals surface area contributed by atoms with Gasteiger partial charge < -0.3 is 0 Å². The lowest BCUT2D eigenvalue weighted by Crippen LogP contribution is -2.10. The van der Waals surface area contributed by atoms with Crippen molar-refractivity contribution >= 4 is 16.2 Å². The zero-order valence-electron chi connectivity index (χ0n) is 13.9. The number of nitrogens with zero attached hydrogens (tertiary/aromatic N) is 1. The van der Waals surface area contributed by atoms with E-state index in [1.807, 2.05) is 54.6 Å². The van der Waals surface area contributed by atoms with Crippen LogP contribution in [0.15, 0.2) is 59.0 Å². The Morgan fingerprint density at radius 3 is 2.13 bits per heavy atom. The van der Waals surface area contributed by atoms with Crippen molar-refractivity contribution in [3.8, 4) is 0 Å². The highest BCUT2D eigenvalue weighted by atomic mass is 32.2. The average molecular weight is 329 g/mol. The van der Waals surface area contributed by atoms with E-state index in [4.69, 9.17) is 0 Å². The van der Waals surface area contributed by atoms with E-state index >= 15 is 0 Å². The number of aryl methyl sites for hydroxylation is 1. The number of benzene rings is 2. The molecular formula is C19H23NO2S. The van der Waals surface area contributed by atoms with E-state index in [1.54, 1.807) is 0 Å². The molecular weight excluding hydrogens is 306 g/mol. The molecule has 0 aliphatic heterocycles. The summed E-state index contributed by atoms with van der Waals surface area (Å²) in [6.45, 7) is 6.43. The van der Waals surface area contributed by atoms with Gasteiger partial charge in [-0.2, -0.15) is 4.40 Å². The molecule has 0 bridgehead atoms. The third-order valence-corrected chi connectivity index (χ3v) is 4.78. The summed E-state index contributed by atoms with van der Waals surface area (Å²) >= 11 is 0. The summed E-state index contributed by atoms with van der Waals surface area (Å²) in [4.78, 5) is 0. The third kappa shape index (κ3) is 5.64. The van der Waals surface area contributed by atoms with Crippen molar-refractivity contribution < 1.29 is 8.42 Å². The SMILES string of the molecule is CC(C)(C)c1ccc(C=NS(=O)(=O)CCc2ccccc2)cc1. The first-order valence-corrected chi connectivity index (χ1v) is 9.30. The minimum absolute atomic E-state index is 0.0214. The van der Waals surface area contributed by atoms with Gasteiger partial charge in [-0.3, -0.25) is 0 Å². The molecule has 0 saturated heterocycles. The maximum absolute atomic E-state index is 12.0. The molecule has 0 atom stereocenters. The quantitative estimate of drug-likeness (QED) is 0.779. The molecule has 2 aromatic rings. The Kier molecular flexibility index (Phi) is 5.37. The normalized spacial score (nSPS) is 12.7. The molecule has 0 aliphatic rings. The minimum Gasteiger partial charge on any atom is -0.205 e. The van der Waals surface area contributed by atoms with Crippen LogP contribution in [0.5, 0.6) is 0 Å². The van der Waals surface area contributed by atoms with Gasteiger partial charge >= 0.3 is 0 Å². The predicted molar refractivity (Wildman–Crippen MR) is 96.7 cm³/mol. The molecule has 0 spiro atoms. The Labute approximate surface area is 139 Å². The summed E-state index contributed by atoms with van der Waals surface area (Å²) in [5.74, 6) is 0.0214. The van der Waals surface area contributed by atoms with Gasteiger partial charge in [0, 0.05) is 6.21 Å². The van der Waals surface area contributed by atoms with Gasteiger partial charge in [0.15, 0.2) is 0 Å². The van der Waals surface area contributed by atoms with Crippen LogP contribution in [-0.4, -0.2) is 20.4 Å². The summed E-state index contributed by atoms with van der Waals surface area (Å²) in [5, 5.41) is 0. The van der Waals surface area contributed by atoms with Crippen LogP contribution >= 0.6 is 0 Å². The standard InChI is InChI=1S/C19H23NO2S/c1-19(2,3)18-11-9-17(10-12-18)15-20-23(21,22)14-13-16-7-5-4-6-8-16/h4-12,15H,13-14H2,1-3H3. The van der Waals surface area contributed by atoms with Gasteiger partial charge in [0.25, 0.3) is 10.0 Å². The molecule has 4 heteroatoms. The summed E-state index contributed by atoms with van der Waals surface area (Å²) in [6.07, 6.45) is 1.90. The smallest absolute Gasteiger partial charge is 0.205 e. The van der Waals surface area contributed by atoms with E-state index in [0.29, 0.717) is 6.42 Å². The molecule has 0 radical (unpaired) electrons. The molecule has 3 nitrogen and oxygen atoms in total. The third-order valence-electron chi connectivity index (χ3n) is 3.63. The van der Waals surface area contributed by atoms with E-state index < -0.39 is 10.0 Å². The summed E-state index contributed by atoms with van der Waals surface area (Å²) in [6, 6.07) is 17.4. The fraction of sp³-hybridized carbons (Fsp3) is 0.316. The first kappa shape index (κ1) is 17.4. The molecule has 0 aliphatic carbocycles. The first-order valence-electron chi connectivity index (χ1n) is 7.69. The van der Waals surface area contributed by atoms with Gasteiger partial charge in [0.2, 0.25) is 0 Å². The molecule has 0 aromatic heterocycles. The molecule has 2 rings (SSSR count). The van der Waals surface area contributed by atoms with Crippen molar-refractivity contribution in [3.63, 3.8) is 0 Å². The van der Waals surface area contributed by atoms with E-state index in [9.17, 15) is 8.42 Å². The molecule has 0 fully saturated rings. The number of hydrogen-bond donors (Lipinski definition) is 0. The van der Waals surface area contributed by atoms with Gasteiger partial charge in [0.05, 0.1) is 5.75 Å². The van der Waals surface area contributed by atoms with Crippen molar-refractivity contribution in [2.24, 2.45) is 4.40 Å². The van der Waals surface area contributed by atoms with Gasteiger partial charge in [-0.25, -0.2) is 8.42 Å². The minimum atomic E-state index is -3.45. The van der Waals surface area contributed by atoms with Crippen molar-refractivity contribution in [3.05, 3.63) is 71.3 Å². The molecule has 0 heterocycles. The Hall–Kier alpha value is -1.94. The first-order chi connectivity index (χ1) is 10.8. The van der Waals surface area contributed by atoms with Crippen LogP contribution in [0, 0.1) is 0 Å². The lowest BCUT2D eigenvalue weighted by molar-refractivity contribution is 0.590. The molecule has 0 unspecified atom stereocenters. The molecule has 0 saturated carbocycles. The number of sulfonamides is 1. The number of rotatable bonds is 5. The van der Waals surface area contributed by atoms with Gasteiger partial charge in [-0.05, 0) is 28.5 Å². The van der Waals surface area contributed by atoms with Crippen LogP contribution < -0.4 is 0 Å². The van der Waals surface area contributed by atoms with E-state index in [2.05, 4.69) is 25.2 Å². The second kappa shape index (κ2) is 7.09. The van der Waals surface area contributed by atoms with Crippen LogP contribution in [0.2, 0.25) is 0 Å². The highest BCUT2D eigenvalue weighted by Crippen LogP contribution is 2.21. The highest BCUT2D eigenvalue weighted by Gasteiger charge is 2.12. The molecule has 23 heavy (non-hydrogen) atoms. The average Bonchev–Trinajstić information content (AvgIpc) is 2.52. The fourth-order valence-electron chi connectivity index (χ4n) is 2.15. The van der Waals surface area contributed by atoms with Crippen molar-refractivity contribution in [2.45, 2.75) is 32.6 Å². The monoisotopic (exact) mass is 329 g/mol. The van der Waals surface area contributed by atoms with Crippen LogP contribution in [0.1, 0.15) is 37.5 Å². The number of hydrogen-bond acceptors (Lipinski definition) is 2. The van der Waals surface area contributed by atoms with E-state index in [0.717, 1.165) is 11.1 Å². The van der Waals surface area contributed by atoms with Crippen molar-refractivity contribution in [2.75, 3.05) is 5.75 Å². The molecule has 2 aromatic carbocycles. The summed E-state index contributed by atoms with van der Waals surface area (Å²) in [7, 11) is -3.45. The van der Waals surface area contributed by atoms with Crippen LogP contribution in [0.4, 0.5) is 0 Å². The summed E-state index contributed by atoms with van der Waals surface area (Å²) in [5.41, 5.74) is 3.08. The van der Waals surface area contributed by atoms with Crippen LogP contribution in [0.25, 0.3) is 0 Å². The van der Waals surface area contributed by atoms with E-state index in [-0.39, 0.29) is 11.2 Å². The zero-order valence-corrected chi connectivity index (χ0v) is 14.7. The highest BCUT2D eigenvalue weighted by molar-refractivity contribution is 7.90. The lowest BCUT2D eigenvalue weighted by Gasteiger charge is -2.18. The molecule has 0 N–H and O–H groups in total. The Morgan fingerprint density at radius 2 is 1.57 bits per heavy atom. The Balaban J connectivity index is 2.01. The van der Waals surface area contributed by atoms with Crippen LogP contribution in [0.3, 0.4) is 0 Å². The molecule has 0 amide bonds. The maximum atomic E-state index is 12.0. The molecule has 122 valence electrons. The lowest BCUT2D eigenvalue weighted by atomic mass is 9.87. The fourth-order valence-corrected chi connectivity index (χ4v) is 3.04. The van der Waals surface area contributed by atoms with Gasteiger partial charge in [0.1, 0.15) is 0 Å².